The smallest absolute Gasteiger partial charge is 0.172 e. The molecule has 1 N–H and O–H groups in total. The van der Waals surface area contributed by atoms with Crippen LogP contribution in [0.4, 0.5) is 0 Å². The summed E-state index contributed by atoms with van der Waals surface area (Å²) in [6.45, 7) is 4.42. The van der Waals surface area contributed by atoms with Crippen LogP contribution in [-0.4, -0.2) is 35.5 Å². The van der Waals surface area contributed by atoms with Gasteiger partial charge in [0, 0.05) is 12.1 Å². The number of phenols is 1. The number of nitrogens with zero attached hydrogens (tertiary/aromatic N) is 2. The number of ether oxygens (including phenoxy) is 1. The number of benzene rings is 1. The normalized spacial score (nSPS) is 23.3. The molecule has 0 unspecified atom stereocenters. The maximum absolute atomic E-state index is 9.80. The first-order valence-corrected chi connectivity index (χ1v) is 7.71. The van der Waals surface area contributed by atoms with Gasteiger partial charge >= 0.3 is 0 Å². The number of rotatable bonds is 3. The average molecular weight is 341 g/mol. The van der Waals surface area contributed by atoms with E-state index in [1.807, 2.05) is 12.3 Å². The Labute approximate surface area is 128 Å². The number of halogens is 1. The van der Waals surface area contributed by atoms with Gasteiger partial charge in [-0.1, -0.05) is 0 Å². The molecule has 1 saturated heterocycles. The summed E-state index contributed by atoms with van der Waals surface area (Å²) in [7, 11) is 1.54. The zero-order chi connectivity index (χ0) is 14.7. The van der Waals surface area contributed by atoms with Gasteiger partial charge in [0.15, 0.2) is 11.5 Å². The summed E-state index contributed by atoms with van der Waals surface area (Å²) < 4.78 is 5.75. The molecule has 110 valence electrons. The van der Waals surface area contributed by atoms with E-state index in [0.29, 0.717) is 22.3 Å². The van der Waals surface area contributed by atoms with Crippen molar-refractivity contribution in [3.63, 3.8) is 0 Å². The van der Waals surface area contributed by atoms with Gasteiger partial charge in [-0.2, -0.15) is 5.10 Å². The Kier molecular flexibility index (Phi) is 4.91. The fraction of sp³-hybridized carbons (Fsp3) is 0.533. The molecule has 0 bridgehead atoms. The summed E-state index contributed by atoms with van der Waals surface area (Å²) in [5.74, 6) is 0.560. The Bertz CT molecular complexity index is 495. The molecule has 2 rings (SSSR count). The van der Waals surface area contributed by atoms with Crippen LogP contribution >= 0.6 is 15.9 Å². The first kappa shape index (κ1) is 15.2. The standard InChI is InChI=1S/C15H21BrN2O2/c1-10-5-4-6-11(2)18(10)17-9-12-7-13(16)15(19)14(8-12)20-3/h7-11,19H,4-6H2,1-3H3/b17-9+/t10-,11-/m1/s1. The van der Waals surface area contributed by atoms with Crippen molar-refractivity contribution in [2.45, 2.75) is 45.2 Å². The van der Waals surface area contributed by atoms with Crippen LogP contribution in [0.2, 0.25) is 0 Å². The minimum absolute atomic E-state index is 0.115. The third kappa shape index (κ3) is 3.26. The van der Waals surface area contributed by atoms with Gasteiger partial charge in [0.05, 0.1) is 17.8 Å². The van der Waals surface area contributed by atoms with Gasteiger partial charge < -0.3 is 9.84 Å². The lowest BCUT2D eigenvalue weighted by atomic mass is 10.00. The van der Waals surface area contributed by atoms with E-state index in [2.05, 4.69) is 39.9 Å². The highest BCUT2D eigenvalue weighted by Gasteiger charge is 2.22. The van der Waals surface area contributed by atoms with Crippen molar-refractivity contribution < 1.29 is 9.84 Å². The van der Waals surface area contributed by atoms with Crippen LogP contribution in [0.1, 0.15) is 38.7 Å². The lowest BCUT2D eigenvalue weighted by Crippen LogP contribution is -2.39. The van der Waals surface area contributed by atoms with Crippen molar-refractivity contribution >= 4 is 22.1 Å². The number of methoxy groups -OCH3 is 1. The molecule has 1 aromatic carbocycles. The maximum Gasteiger partial charge on any atom is 0.172 e. The molecule has 5 heteroatoms. The van der Waals surface area contributed by atoms with Crippen molar-refractivity contribution in [1.82, 2.24) is 5.01 Å². The largest absolute Gasteiger partial charge is 0.503 e. The number of hydrazone groups is 1. The number of hydrogen-bond donors (Lipinski definition) is 1. The van der Waals surface area contributed by atoms with Gasteiger partial charge in [-0.05, 0) is 66.7 Å². The Balaban J connectivity index is 2.20. The van der Waals surface area contributed by atoms with Crippen LogP contribution in [0.15, 0.2) is 21.7 Å². The zero-order valence-corrected chi connectivity index (χ0v) is 13.7. The Hall–Kier alpha value is -1.23. The van der Waals surface area contributed by atoms with Crippen molar-refractivity contribution in [2.24, 2.45) is 5.10 Å². The minimum atomic E-state index is 0.115. The molecule has 0 saturated carbocycles. The van der Waals surface area contributed by atoms with E-state index in [4.69, 9.17) is 4.74 Å². The van der Waals surface area contributed by atoms with Gasteiger partial charge in [0.25, 0.3) is 0 Å². The topological polar surface area (TPSA) is 45.1 Å². The number of phenolic OH excluding ortho intramolecular Hbond substituents is 1. The molecule has 0 amide bonds. The van der Waals surface area contributed by atoms with E-state index in [-0.39, 0.29) is 5.75 Å². The van der Waals surface area contributed by atoms with E-state index in [1.54, 1.807) is 6.07 Å². The Morgan fingerprint density at radius 1 is 1.35 bits per heavy atom. The van der Waals surface area contributed by atoms with Crippen LogP contribution < -0.4 is 4.74 Å². The third-order valence-electron chi connectivity index (χ3n) is 3.76. The fourth-order valence-electron chi connectivity index (χ4n) is 2.59. The van der Waals surface area contributed by atoms with Crippen molar-refractivity contribution in [3.05, 3.63) is 22.2 Å². The van der Waals surface area contributed by atoms with E-state index in [1.165, 1.54) is 26.4 Å². The number of hydrogen-bond acceptors (Lipinski definition) is 4. The van der Waals surface area contributed by atoms with Crippen LogP contribution in [0, 0.1) is 0 Å². The van der Waals surface area contributed by atoms with Crippen LogP contribution in [0.25, 0.3) is 0 Å². The average Bonchev–Trinajstić information content (AvgIpc) is 2.42. The van der Waals surface area contributed by atoms with Gasteiger partial charge in [-0.25, -0.2) is 0 Å². The molecule has 1 aromatic rings. The predicted octanol–water partition coefficient (Wildman–Crippen LogP) is 3.76. The fourth-order valence-corrected chi connectivity index (χ4v) is 3.05. The van der Waals surface area contributed by atoms with Crippen molar-refractivity contribution in [2.75, 3.05) is 7.11 Å². The van der Waals surface area contributed by atoms with E-state index in [0.717, 1.165) is 5.56 Å². The summed E-state index contributed by atoms with van der Waals surface area (Å²) in [6, 6.07) is 4.55. The molecule has 1 fully saturated rings. The summed E-state index contributed by atoms with van der Waals surface area (Å²) in [5.41, 5.74) is 0.900. The SMILES string of the molecule is COc1cc(/C=N/N2[C@H](C)CCC[C@H]2C)cc(Br)c1O. The van der Waals surface area contributed by atoms with Gasteiger partial charge in [-0.15, -0.1) is 0 Å². The molecule has 1 heterocycles. The minimum Gasteiger partial charge on any atom is -0.503 e. The van der Waals surface area contributed by atoms with Gasteiger partial charge in [-0.3, -0.25) is 5.01 Å². The highest BCUT2D eigenvalue weighted by Crippen LogP contribution is 2.34. The van der Waals surface area contributed by atoms with Crippen LogP contribution in [-0.2, 0) is 0 Å². The molecule has 0 aliphatic carbocycles. The summed E-state index contributed by atoms with van der Waals surface area (Å²) >= 11 is 3.32. The summed E-state index contributed by atoms with van der Waals surface area (Å²) in [6.07, 6.45) is 5.46. The number of aromatic hydroxyl groups is 1. The summed E-state index contributed by atoms with van der Waals surface area (Å²) in [4.78, 5) is 0. The molecular formula is C15H21BrN2O2. The van der Waals surface area contributed by atoms with Crippen LogP contribution in [0.5, 0.6) is 11.5 Å². The molecule has 0 spiro atoms. The lowest BCUT2D eigenvalue weighted by Gasteiger charge is -2.36. The van der Waals surface area contributed by atoms with Gasteiger partial charge in [0.1, 0.15) is 0 Å². The monoisotopic (exact) mass is 340 g/mol. The molecule has 0 aromatic heterocycles. The number of piperidine rings is 1. The second-order valence-corrected chi connectivity index (χ2v) is 6.16. The van der Waals surface area contributed by atoms with E-state index < -0.39 is 0 Å². The van der Waals surface area contributed by atoms with Gasteiger partial charge in [0.2, 0.25) is 0 Å². The van der Waals surface area contributed by atoms with Crippen molar-refractivity contribution in [1.29, 1.82) is 0 Å². The highest BCUT2D eigenvalue weighted by atomic mass is 79.9. The first-order chi connectivity index (χ1) is 9.52. The van der Waals surface area contributed by atoms with Crippen molar-refractivity contribution in [3.8, 4) is 11.5 Å². The third-order valence-corrected chi connectivity index (χ3v) is 4.36. The second-order valence-electron chi connectivity index (χ2n) is 5.31. The molecule has 0 radical (unpaired) electrons. The Morgan fingerprint density at radius 3 is 2.60 bits per heavy atom. The molecule has 1 aliphatic heterocycles. The van der Waals surface area contributed by atoms with Crippen LogP contribution in [0.3, 0.4) is 0 Å². The quantitative estimate of drug-likeness (QED) is 0.852. The molecule has 20 heavy (non-hydrogen) atoms. The highest BCUT2D eigenvalue weighted by molar-refractivity contribution is 9.10. The predicted molar refractivity (Wildman–Crippen MR) is 84.6 cm³/mol. The summed E-state index contributed by atoms with van der Waals surface area (Å²) in [5, 5.41) is 16.6. The molecule has 4 nitrogen and oxygen atoms in total. The lowest BCUT2D eigenvalue weighted by molar-refractivity contribution is 0.109. The molecular weight excluding hydrogens is 320 g/mol. The molecule has 1 aliphatic rings. The molecule has 2 atom stereocenters. The first-order valence-electron chi connectivity index (χ1n) is 6.91. The second kappa shape index (κ2) is 6.48. The van der Waals surface area contributed by atoms with E-state index >= 15 is 0 Å². The zero-order valence-electron chi connectivity index (χ0n) is 12.1. The maximum atomic E-state index is 9.80. The van der Waals surface area contributed by atoms with E-state index in [9.17, 15) is 5.11 Å². The Morgan fingerprint density at radius 2 is 2.00 bits per heavy atom.